The second kappa shape index (κ2) is 7.17. The lowest BCUT2D eigenvalue weighted by Gasteiger charge is -2.10. The molecule has 108 valence electrons. The molecule has 1 aromatic heterocycles. The fraction of sp³-hybridized carbons (Fsp3) is 0.467. The molecule has 1 unspecified atom stereocenters. The molecule has 0 radical (unpaired) electrons. The summed E-state index contributed by atoms with van der Waals surface area (Å²) in [5.74, 6) is 1.73. The molecule has 1 atom stereocenters. The van der Waals surface area contributed by atoms with Gasteiger partial charge in [0.1, 0.15) is 6.10 Å². The summed E-state index contributed by atoms with van der Waals surface area (Å²) in [6.07, 6.45) is -0.293. The Labute approximate surface area is 119 Å². The highest BCUT2D eigenvalue weighted by Gasteiger charge is 2.19. The smallest absolute Gasteiger partial charge is 0.240 e. The third-order valence-corrected chi connectivity index (χ3v) is 2.89. The first kappa shape index (κ1) is 14.7. The van der Waals surface area contributed by atoms with Gasteiger partial charge in [0, 0.05) is 7.11 Å². The van der Waals surface area contributed by atoms with Crippen LogP contribution in [0.2, 0.25) is 0 Å². The normalized spacial score (nSPS) is 12.8. The van der Waals surface area contributed by atoms with Crippen molar-refractivity contribution in [3.8, 4) is 0 Å². The summed E-state index contributed by atoms with van der Waals surface area (Å²) >= 11 is 0. The molecule has 2 aromatic rings. The van der Waals surface area contributed by atoms with E-state index in [1.54, 1.807) is 7.11 Å². The Morgan fingerprint density at radius 1 is 1.25 bits per heavy atom. The summed E-state index contributed by atoms with van der Waals surface area (Å²) in [7, 11) is 1.64. The molecular weight excluding hydrogens is 254 g/mol. The van der Waals surface area contributed by atoms with E-state index in [1.165, 1.54) is 0 Å². The highest BCUT2D eigenvalue weighted by atomic mass is 16.5. The van der Waals surface area contributed by atoms with Gasteiger partial charge >= 0.3 is 0 Å². The van der Waals surface area contributed by atoms with E-state index < -0.39 is 0 Å². The molecule has 0 aliphatic rings. The van der Waals surface area contributed by atoms with Crippen LogP contribution in [0.4, 0.5) is 0 Å². The second-order valence-corrected chi connectivity index (χ2v) is 5.10. The van der Waals surface area contributed by atoms with Crippen LogP contribution in [0.15, 0.2) is 34.9 Å². The van der Waals surface area contributed by atoms with E-state index >= 15 is 0 Å². The number of aromatic nitrogens is 2. The number of hydrogen-bond donors (Lipinski definition) is 1. The van der Waals surface area contributed by atoms with Crippen molar-refractivity contribution in [3.05, 3.63) is 47.6 Å². The van der Waals surface area contributed by atoms with Gasteiger partial charge in [0.2, 0.25) is 11.7 Å². The molecule has 1 aromatic carbocycles. The maximum absolute atomic E-state index is 5.47. The van der Waals surface area contributed by atoms with E-state index in [9.17, 15) is 0 Å². The Kier molecular flexibility index (Phi) is 5.26. The van der Waals surface area contributed by atoms with Crippen LogP contribution in [0.25, 0.3) is 0 Å². The molecule has 0 bridgehead atoms. The van der Waals surface area contributed by atoms with Crippen molar-refractivity contribution in [1.82, 2.24) is 15.5 Å². The highest BCUT2D eigenvalue weighted by Crippen LogP contribution is 2.22. The van der Waals surface area contributed by atoms with Crippen LogP contribution in [0.1, 0.15) is 37.2 Å². The standard InChI is InChI=1S/C15H21N3O2/c1-11(2)9-16-10-13-17-15(18-20-13)14(19-3)12-7-5-4-6-8-12/h4-8,11,14,16H,9-10H2,1-3H3. The first-order chi connectivity index (χ1) is 9.70. The lowest BCUT2D eigenvalue weighted by Crippen LogP contribution is -2.19. The first-order valence-electron chi connectivity index (χ1n) is 6.81. The van der Waals surface area contributed by atoms with Crippen molar-refractivity contribution in [2.75, 3.05) is 13.7 Å². The SMILES string of the molecule is COC(c1ccccc1)c1noc(CNCC(C)C)n1. The summed E-state index contributed by atoms with van der Waals surface area (Å²) in [5, 5.41) is 7.28. The molecule has 0 saturated heterocycles. The van der Waals surface area contributed by atoms with Gasteiger partial charge in [-0.3, -0.25) is 0 Å². The van der Waals surface area contributed by atoms with Gasteiger partial charge in [-0.2, -0.15) is 4.98 Å². The summed E-state index contributed by atoms with van der Waals surface area (Å²) < 4.78 is 10.7. The first-order valence-corrected chi connectivity index (χ1v) is 6.81. The molecule has 0 saturated carbocycles. The van der Waals surface area contributed by atoms with Gasteiger partial charge in [0.25, 0.3) is 0 Å². The molecule has 20 heavy (non-hydrogen) atoms. The fourth-order valence-electron chi connectivity index (χ4n) is 1.93. The number of hydrogen-bond acceptors (Lipinski definition) is 5. The number of benzene rings is 1. The number of nitrogens with zero attached hydrogens (tertiary/aromatic N) is 2. The Hall–Kier alpha value is -1.72. The number of rotatable bonds is 7. The zero-order chi connectivity index (χ0) is 14.4. The van der Waals surface area contributed by atoms with E-state index in [1.807, 2.05) is 30.3 Å². The second-order valence-electron chi connectivity index (χ2n) is 5.10. The van der Waals surface area contributed by atoms with Gasteiger partial charge in [0.15, 0.2) is 0 Å². The van der Waals surface area contributed by atoms with Crippen molar-refractivity contribution >= 4 is 0 Å². The summed E-state index contributed by atoms with van der Waals surface area (Å²) in [5.41, 5.74) is 1.01. The molecule has 0 fully saturated rings. The van der Waals surface area contributed by atoms with Crippen LogP contribution in [0, 0.1) is 5.92 Å². The molecule has 1 heterocycles. The maximum atomic E-state index is 5.47. The molecule has 0 aliphatic carbocycles. The van der Waals surface area contributed by atoms with Crippen LogP contribution in [0.5, 0.6) is 0 Å². The minimum Gasteiger partial charge on any atom is -0.369 e. The lowest BCUT2D eigenvalue weighted by atomic mass is 10.1. The third kappa shape index (κ3) is 3.88. The van der Waals surface area contributed by atoms with E-state index in [0.29, 0.717) is 24.2 Å². The van der Waals surface area contributed by atoms with Crippen LogP contribution >= 0.6 is 0 Å². The topological polar surface area (TPSA) is 60.2 Å². The summed E-state index contributed by atoms with van der Waals surface area (Å²) in [6.45, 7) is 5.81. The highest BCUT2D eigenvalue weighted by molar-refractivity contribution is 5.22. The third-order valence-electron chi connectivity index (χ3n) is 2.89. The molecule has 0 aliphatic heterocycles. The van der Waals surface area contributed by atoms with E-state index in [0.717, 1.165) is 12.1 Å². The Morgan fingerprint density at radius 3 is 2.65 bits per heavy atom. The maximum Gasteiger partial charge on any atom is 0.240 e. The molecule has 5 nitrogen and oxygen atoms in total. The molecule has 2 rings (SSSR count). The van der Waals surface area contributed by atoms with Crippen LogP contribution < -0.4 is 5.32 Å². The number of methoxy groups -OCH3 is 1. The van der Waals surface area contributed by atoms with Gasteiger partial charge in [-0.1, -0.05) is 49.3 Å². The van der Waals surface area contributed by atoms with E-state index in [2.05, 4.69) is 29.3 Å². The fourth-order valence-corrected chi connectivity index (χ4v) is 1.93. The molecule has 1 N–H and O–H groups in total. The van der Waals surface area contributed by atoms with Crippen LogP contribution in [-0.2, 0) is 11.3 Å². The number of nitrogens with one attached hydrogen (secondary N) is 1. The van der Waals surface area contributed by atoms with Crippen molar-refractivity contribution in [3.63, 3.8) is 0 Å². The monoisotopic (exact) mass is 275 g/mol. The predicted octanol–water partition coefficient (Wildman–Crippen LogP) is 2.55. The Bertz CT molecular complexity index is 511. The van der Waals surface area contributed by atoms with Gasteiger partial charge < -0.3 is 14.6 Å². The van der Waals surface area contributed by atoms with E-state index in [4.69, 9.17) is 9.26 Å². The van der Waals surface area contributed by atoms with Crippen LogP contribution in [-0.4, -0.2) is 23.8 Å². The molecule has 0 spiro atoms. The summed E-state index contributed by atoms with van der Waals surface area (Å²) in [6, 6.07) is 9.87. The van der Waals surface area contributed by atoms with Gasteiger partial charge in [-0.05, 0) is 18.0 Å². The van der Waals surface area contributed by atoms with E-state index in [-0.39, 0.29) is 6.10 Å². The van der Waals surface area contributed by atoms with Crippen molar-refractivity contribution in [2.24, 2.45) is 5.92 Å². The average molecular weight is 275 g/mol. The minimum absolute atomic E-state index is 0.293. The molecular formula is C15H21N3O2. The van der Waals surface area contributed by atoms with Crippen molar-refractivity contribution in [2.45, 2.75) is 26.5 Å². The Balaban J connectivity index is 2.03. The lowest BCUT2D eigenvalue weighted by molar-refractivity contribution is 0.126. The van der Waals surface area contributed by atoms with Crippen molar-refractivity contribution in [1.29, 1.82) is 0 Å². The molecule has 0 amide bonds. The predicted molar refractivity (Wildman–Crippen MR) is 76.1 cm³/mol. The van der Waals surface area contributed by atoms with Crippen molar-refractivity contribution < 1.29 is 9.26 Å². The molecule has 5 heteroatoms. The van der Waals surface area contributed by atoms with Gasteiger partial charge in [-0.25, -0.2) is 0 Å². The minimum atomic E-state index is -0.293. The Morgan fingerprint density at radius 2 is 2.00 bits per heavy atom. The van der Waals surface area contributed by atoms with Gasteiger partial charge in [0.05, 0.1) is 6.54 Å². The zero-order valence-electron chi connectivity index (χ0n) is 12.2. The average Bonchev–Trinajstić information content (AvgIpc) is 2.89. The summed E-state index contributed by atoms with van der Waals surface area (Å²) in [4.78, 5) is 4.39. The van der Waals surface area contributed by atoms with Gasteiger partial charge in [-0.15, -0.1) is 0 Å². The largest absolute Gasteiger partial charge is 0.369 e. The quantitative estimate of drug-likeness (QED) is 0.841. The number of ether oxygens (including phenoxy) is 1. The zero-order valence-corrected chi connectivity index (χ0v) is 12.2. The van der Waals surface area contributed by atoms with Crippen LogP contribution in [0.3, 0.4) is 0 Å².